The molecule has 0 saturated heterocycles. The summed E-state index contributed by atoms with van der Waals surface area (Å²) in [6.45, 7) is 1.48. The molecular formula is C16H14Cl2N2O4. The van der Waals surface area contributed by atoms with E-state index in [1.807, 2.05) is 0 Å². The summed E-state index contributed by atoms with van der Waals surface area (Å²) in [5, 5.41) is 0.749. The number of amides is 2. The standard InChI is InChI=1S/C16H14Cl2N2O4/c1-10-2-4-12(24-10)5-7-15(21)19-20-16(22)9-23-14-6-3-11(17)8-13(14)18/h2-8H,9H2,1H3,(H,19,21)(H,20,22). The lowest BCUT2D eigenvalue weighted by molar-refractivity contribution is -0.128. The molecule has 2 rings (SSSR count). The Morgan fingerprint density at radius 3 is 2.67 bits per heavy atom. The van der Waals surface area contributed by atoms with Gasteiger partial charge < -0.3 is 9.15 Å². The van der Waals surface area contributed by atoms with Crippen LogP contribution in [0.1, 0.15) is 11.5 Å². The van der Waals surface area contributed by atoms with Gasteiger partial charge in [-0.15, -0.1) is 0 Å². The molecule has 0 radical (unpaired) electrons. The Hall–Kier alpha value is -2.44. The van der Waals surface area contributed by atoms with Gasteiger partial charge in [0.05, 0.1) is 5.02 Å². The van der Waals surface area contributed by atoms with Crippen molar-refractivity contribution in [3.05, 3.63) is 58.0 Å². The highest BCUT2D eigenvalue weighted by molar-refractivity contribution is 6.35. The number of hydrogen-bond donors (Lipinski definition) is 2. The van der Waals surface area contributed by atoms with Gasteiger partial charge in [-0.3, -0.25) is 20.4 Å². The average molecular weight is 369 g/mol. The second-order valence-corrected chi connectivity index (χ2v) is 5.53. The van der Waals surface area contributed by atoms with Crippen LogP contribution in [0.25, 0.3) is 6.08 Å². The lowest BCUT2D eigenvalue weighted by Gasteiger charge is -2.09. The van der Waals surface area contributed by atoms with Crippen molar-refractivity contribution in [2.75, 3.05) is 6.61 Å². The Balaban J connectivity index is 1.74. The number of hydrogen-bond acceptors (Lipinski definition) is 4. The maximum Gasteiger partial charge on any atom is 0.276 e. The third-order valence-electron chi connectivity index (χ3n) is 2.74. The van der Waals surface area contributed by atoms with Crippen LogP contribution in [0.4, 0.5) is 0 Å². The maximum absolute atomic E-state index is 11.6. The third-order valence-corrected chi connectivity index (χ3v) is 3.27. The highest BCUT2D eigenvalue weighted by atomic mass is 35.5. The number of rotatable bonds is 5. The topological polar surface area (TPSA) is 80.6 Å². The van der Waals surface area contributed by atoms with E-state index < -0.39 is 11.8 Å². The van der Waals surface area contributed by atoms with E-state index in [9.17, 15) is 9.59 Å². The lowest BCUT2D eigenvalue weighted by Crippen LogP contribution is -2.43. The molecule has 0 aliphatic rings. The third kappa shape index (κ3) is 5.64. The highest BCUT2D eigenvalue weighted by Crippen LogP contribution is 2.27. The van der Waals surface area contributed by atoms with Gasteiger partial charge in [0.15, 0.2) is 6.61 Å². The van der Waals surface area contributed by atoms with Crippen LogP contribution in [0.2, 0.25) is 10.0 Å². The summed E-state index contributed by atoms with van der Waals surface area (Å²) >= 11 is 11.7. The van der Waals surface area contributed by atoms with Gasteiger partial charge in [-0.25, -0.2) is 0 Å². The van der Waals surface area contributed by atoms with Crippen molar-refractivity contribution in [3.8, 4) is 5.75 Å². The molecule has 126 valence electrons. The number of ether oxygens (including phenoxy) is 1. The molecule has 2 N–H and O–H groups in total. The van der Waals surface area contributed by atoms with Crippen molar-refractivity contribution in [3.63, 3.8) is 0 Å². The first-order valence-corrected chi connectivity index (χ1v) is 7.61. The van der Waals surface area contributed by atoms with Crippen molar-refractivity contribution in [2.24, 2.45) is 0 Å². The maximum atomic E-state index is 11.6. The fourth-order valence-corrected chi connectivity index (χ4v) is 2.11. The lowest BCUT2D eigenvalue weighted by atomic mass is 10.3. The molecule has 0 fully saturated rings. The van der Waals surface area contributed by atoms with E-state index in [4.69, 9.17) is 32.4 Å². The molecule has 1 heterocycles. The largest absolute Gasteiger partial charge is 0.482 e. The van der Waals surface area contributed by atoms with Gasteiger partial charge in [-0.1, -0.05) is 23.2 Å². The molecule has 1 aromatic heterocycles. The van der Waals surface area contributed by atoms with Gasteiger partial charge >= 0.3 is 0 Å². The molecular weight excluding hydrogens is 355 g/mol. The van der Waals surface area contributed by atoms with E-state index in [1.54, 1.807) is 31.2 Å². The molecule has 0 unspecified atom stereocenters. The molecule has 6 nitrogen and oxygen atoms in total. The van der Waals surface area contributed by atoms with Crippen LogP contribution in [-0.2, 0) is 9.59 Å². The average Bonchev–Trinajstić information content (AvgIpc) is 2.95. The number of hydrazine groups is 1. The van der Waals surface area contributed by atoms with Gasteiger partial charge in [0.1, 0.15) is 17.3 Å². The molecule has 8 heteroatoms. The molecule has 0 bridgehead atoms. The summed E-state index contributed by atoms with van der Waals surface area (Å²) in [5.74, 6) is 0.533. The minimum Gasteiger partial charge on any atom is -0.482 e. The molecule has 2 amide bonds. The minimum atomic E-state index is -0.545. The highest BCUT2D eigenvalue weighted by Gasteiger charge is 2.07. The molecule has 1 aromatic carbocycles. The van der Waals surface area contributed by atoms with Crippen LogP contribution >= 0.6 is 23.2 Å². The number of carbonyl (C=O) groups is 2. The van der Waals surface area contributed by atoms with Gasteiger partial charge in [0.2, 0.25) is 0 Å². The SMILES string of the molecule is Cc1ccc(C=CC(=O)NNC(=O)COc2ccc(Cl)cc2Cl)o1. The normalized spacial score (nSPS) is 10.6. The van der Waals surface area contributed by atoms with E-state index in [-0.39, 0.29) is 11.6 Å². The molecule has 0 saturated carbocycles. The van der Waals surface area contributed by atoms with Crippen LogP contribution in [0.5, 0.6) is 5.75 Å². The van der Waals surface area contributed by atoms with Gasteiger partial charge in [-0.05, 0) is 43.3 Å². The summed E-state index contributed by atoms with van der Waals surface area (Å²) in [4.78, 5) is 23.2. The Morgan fingerprint density at radius 2 is 2.00 bits per heavy atom. The molecule has 24 heavy (non-hydrogen) atoms. The molecule has 2 aromatic rings. The zero-order valence-corrected chi connectivity index (χ0v) is 14.1. The van der Waals surface area contributed by atoms with Crippen LogP contribution < -0.4 is 15.6 Å². The van der Waals surface area contributed by atoms with Gasteiger partial charge in [0, 0.05) is 11.1 Å². The molecule has 0 spiro atoms. The fraction of sp³-hybridized carbons (Fsp3) is 0.125. The van der Waals surface area contributed by atoms with Crippen LogP contribution in [0.15, 0.2) is 40.8 Å². The Labute approximate surface area is 148 Å². The summed E-state index contributed by atoms with van der Waals surface area (Å²) in [6.07, 6.45) is 2.72. The molecule has 0 aliphatic heterocycles. The zero-order valence-electron chi connectivity index (χ0n) is 12.6. The van der Waals surface area contributed by atoms with Crippen molar-refractivity contribution >= 4 is 41.1 Å². The van der Waals surface area contributed by atoms with Gasteiger partial charge in [-0.2, -0.15) is 0 Å². The number of carbonyl (C=O) groups excluding carboxylic acids is 2. The smallest absolute Gasteiger partial charge is 0.276 e. The minimum absolute atomic E-state index is 0.288. The monoisotopic (exact) mass is 368 g/mol. The van der Waals surface area contributed by atoms with E-state index >= 15 is 0 Å². The van der Waals surface area contributed by atoms with E-state index in [2.05, 4.69) is 10.9 Å². The second kappa shape index (κ2) is 8.42. The summed E-state index contributed by atoms with van der Waals surface area (Å²) in [5.41, 5.74) is 4.43. The first-order valence-electron chi connectivity index (χ1n) is 6.85. The van der Waals surface area contributed by atoms with Crippen molar-refractivity contribution in [1.82, 2.24) is 10.9 Å². The number of halogens is 2. The van der Waals surface area contributed by atoms with E-state index in [0.717, 1.165) is 5.76 Å². The van der Waals surface area contributed by atoms with E-state index in [1.165, 1.54) is 18.2 Å². The van der Waals surface area contributed by atoms with Crippen molar-refractivity contribution < 1.29 is 18.7 Å². The first-order chi connectivity index (χ1) is 11.4. The van der Waals surface area contributed by atoms with Crippen LogP contribution in [0, 0.1) is 6.92 Å². The Kier molecular flexibility index (Phi) is 6.28. The number of furan rings is 1. The second-order valence-electron chi connectivity index (χ2n) is 4.68. The summed E-state index contributed by atoms with van der Waals surface area (Å²) in [7, 11) is 0. The quantitative estimate of drug-likeness (QED) is 0.627. The van der Waals surface area contributed by atoms with E-state index in [0.29, 0.717) is 16.5 Å². The number of benzene rings is 1. The Morgan fingerprint density at radius 1 is 1.21 bits per heavy atom. The van der Waals surface area contributed by atoms with Crippen LogP contribution in [-0.4, -0.2) is 18.4 Å². The van der Waals surface area contributed by atoms with Gasteiger partial charge in [0.25, 0.3) is 11.8 Å². The Bertz CT molecular complexity index is 771. The predicted octanol–water partition coefficient (Wildman–Crippen LogP) is 3.13. The predicted molar refractivity (Wildman–Crippen MR) is 90.7 cm³/mol. The number of aryl methyl sites for hydroxylation is 1. The summed E-state index contributed by atoms with van der Waals surface area (Å²) < 4.78 is 10.5. The number of nitrogens with one attached hydrogen (secondary N) is 2. The molecule has 0 aliphatic carbocycles. The fourth-order valence-electron chi connectivity index (χ4n) is 1.65. The van der Waals surface area contributed by atoms with Crippen molar-refractivity contribution in [2.45, 2.75) is 6.92 Å². The van der Waals surface area contributed by atoms with Crippen molar-refractivity contribution in [1.29, 1.82) is 0 Å². The van der Waals surface area contributed by atoms with Crippen LogP contribution in [0.3, 0.4) is 0 Å². The first kappa shape index (κ1) is 17.9. The molecule has 0 atom stereocenters. The summed E-state index contributed by atoms with van der Waals surface area (Å²) in [6, 6.07) is 8.13. The zero-order chi connectivity index (χ0) is 17.5.